The maximum Gasteiger partial charge on any atom is 0.286 e. The van der Waals surface area contributed by atoms with Gasteiger partial charge in [0.1, 0.15) is 5.69 Å². The molecule has 0 saturated heterocycles. The lowest BCUT2D eigenvalue weighted by molar-refractivity contribution is 0.0696. The van der Waals surface area contributed by atoms with Gasteiger partial charge in [-0.15, -0.1) is 10.2 Å². The fourth-order valence-corrected chi connectivity index (χ4v) is 2.36. The Morgan fingerprint density at radius 1 is 1.30 bits per heavy atom. The second-order valence-electron chi connectivity index (χ2n) is 4.69. The van der Waals surface area contributed by atoms with Crippen LogP contribution in [0, 0.1) is 0 Å². The number of aryl methyl sites for hydroxylation is 1. The normalized spacial score (nSPS) is 14.2. The molecule has 0 saturated carbocycles. The van der Waals surface area contributed by atoms with Gasteiger partial charge in [-0.25, -0.2) is 0 Å². The second-order valence-corrected chi connectivity index (χ2v) is 4.69. The van der Waals surface area contributed by atoms with Crippen molar-refractivity contribution in [1.82, 2.24) is 24.2 Å². The van der Waals surface area contributed by atoms with Crippen LogP contribution < -0.4 is 5.73 Å². The van der Waals surface area contributed by atoms with E-state index in [1.165, 1.54) is 0 Å². The smallest absolute Gasteiger partial charge is 0.286 e. The number of hydrogen-bond donors (Lipinski definition) is 1. The van der Waals surface area contributed by atoms with Crippen molar-refractivity contribution in [3.05, 3.63) is 35.7 Å². The average Bonchev–Trinajstić information content (AvgIpc) is 3.02. The van der Waals surface area contributed by atoms with Gasteiger partial charge in [0, 0.05) is 26.3 Å². The fourth-order valence-electron chi connectivity index (χ4n) is 2.36. The van der Waals surface area contributed by atoms with E-state index in [1.54, 1.807) is 20.1 Å². The van der Waals surface area contributed by atoms with E-state index in [1.807, 2.05) is 19.3 Å². The van der Waals surface area contributed by atoms with Gasteiger partial charge in [-0.2, -0.15) is 0 Å². The lowest BCUT2D eigenvalue weighted by atomic mass is 10.3. The summed E-state index contributed by atoms with van der Waals surface area (Å²) in [5.74, 6) is 0.0527. The summed E-state index contributed by atoms with van der Waals surface area (Å²) >= 11 is 0. The fraction of sp³-hybridized carbons (Fsp3) is 0.333. The van der Waals surface area contributed by atoms with Gasteiger partial charge in [0.2, 0.25) is 5.82 Å². The molecule has 3 heterocycles. The van der Waals surface area contributed by atoms with Crippen molar-refractivity contribution in [3.8, 4) is 0 Å². The minimum absolute atomic E-state index is 0.0626. The van der Waals surface area contributed by atoms with E-state index in [4.69, 9.17) is 5.73 Å². The van der Waals surface area contributed by atoms with Gasteiger partial charge < -0.3 is 19.8 Å². The Morgan fingerprint density at radius 2 is 2.10 bits per heavy atom. The van der Waals surface area contributed by atoms with Crippen LogP contribution in [-0.4, -0.2) is 42.6 Å². The first-order chi connectivity index (χ1) is 9.58. The molecule has 0 fully saturated rings. The molecule has 0 radical (unpaired) electrons. The molecular formula is C12H14N6O2. The average molecular weight is 274 g/mol. The summed E-state index contributed by atoms with van der Waals surface area (Å²) in [6.45, 7) is 1.29. The highest BCUT2D eigenvalue weighted by molar-refractivity contribution is 5.93. The number of carbonyl (C=O) groups is 2. The maximum absolute atomic E-state index is 12.4. The first-order valence-electron chi connectivity index (χ1n) is 6.20. The van der Waals surface area contributed by atoms with Crippen LogP contribution in [0.3, 0.4) is 0 Å². The summed E-state index contributed by atoms with van der Waals surface area (Å²) in [6.07, 6.45) is 1.82. The van der Waals surface area contributed by atoms with Gasteiger partial charge in [0.05, 0.1) is 6.54 Å². The lowest BCUT2D eigenvalue weighted by Crippen LogP contribution is -2.40. The van der Waals surface area contributed by atoms with Crippen LogP contribution in [0.2, 0.25) is 0 Å². The monoisotopic (exact) mass is 274 g/mol. The minimum atomic E-state index is -0.606. The predicted molar refractivity (Wildman–Crippen MR) is 68.7 cm³/mol. The van der Waals surface area contributed by atoms with Gasteiger partial charge in [-0.3, -0.25) is 9.59 Å². The van der Waals surface area contributed by atoms with Crippen LogP contribution in [0.1, 0.15) is 26.9 Å². The topological polar surface area (TPSA) is 99.0 Å². The zero-order valence-electron chi connectivity index (χ0n) is 11.0. The highest BCUT2D eigenvalue weighted by Crippen LogP contribution is 2.15. The van der Waals surface area contributed by atoms with E-state index >= 15 is 0 Å². The summed E-state index contributed by atoms with van der Waals surface area (Å²) in [6, 6.07) is 3.60. The van der Waals surface area contributed by atoms with Crippen molar-refractivity contribution >= 4 is 11.8 Å². The predicted octanol–water partition coefficient (Wildman–Crippen LogP) is -0.628. The number of aromatic nitrogens is 4. The van der Waals surface area contributed by atoms with Gasteiger partial charge in [-0.1, -0.05) is 0 Å². The van der Waals surface area contributed by atoms with Crippen LogP contribution in [0.25, 0.3) is 0 Å². The lowest BCUT2D eigenvalue weighted by Gasteiger charge is -2.27. The zero-order chi connectivity index (χ0) is 14.3. The zero-order valence-corrected chi connectivity index (χ0v) is 11.0. The van der Waals surface area contributed by atoms with Crippen molar-refractivity contribution in [2.45, 2.75) is 13.1 Å². The molecule has 0 spiro atoms. The first-order valence-corrected chi connectivity index (χ1v) is 6.20. The number of carbonyl (C=O) groups excluding carboxylic acids is 2. The highest BCUT2D eigenvalue weighted by atomic mass is 16.2. The van der Waals surface area contributed by atoms with Crippen molar-refractivity contribution in [2.24, 2.45) is 12.8 Å². The quantitative estimate of drug-likeness (QED) is 0.788. The second kappa shape index (κ2) is 4.48. The molecule has 2 N–H and O–H groups in total. The van der Waals surface area contributed by atoms with E-state index in [9.17, 15) is 9.59 Å². The molecule has 1 aliphatic heterocycles. The van der Waals surface area contributed by atoms with Gasteiger partial charge in [0.15, 0.2) is 5.82 Å². The third kappa shape index (κ3) is 1.85. The van der Waals surface area contributed by atoms with E-state index in [0.29, 0.717) is 31.2 Å². The van der Waals surface area contributed by atoms with Crippen LogP contribution in [-0.2, 0) is 20.1 Å². The molecule has 2 amide bonds. The molecule has 1 aliphatic rings. The Balaban J connectivity index is 1.84. The summed E-state index contributed by atoms with van der Waals surface area (Å²) in [5.41, 5.74) is 5.85. The van der Waals surface area contributed by atoms with Gasteiger partial charge in [-0.05, 0) is 12.1 Å². The van der Waals surface area contributed by atoms with Crippen LogP contribution in [0.4, 0.5) is 0 Å². The number of primary amides is 1. The molecule has 0 atom stereocenters. The molecule has 104 valence electrons. The third-order valence-corrected chi connectivity index (χ3v) is 3.42. The minimum Gasteiger partial charge on any atom is -0.363 e. The molecule has 2 aromatic heterocycles. The highest BCUT2D eigenvalue weighted by Gasteiger charge is 2.27. The first kappa shape index (κ1) is 12.4. The molecule has 20 heavy (non-hydrogen) atoms. The van der Waals surface area contributed by atoms with Crippen LogP contribution in [0.5, 0.6) is 0 Å². The van der Waals surface area contributed by atoms with Crippen molar-refractivity contribution in [3.63, 3.8) is 0 Å². The molecule has 2 aromatic rings. The van der Waals surface area contributed by atoms with E-state index < -0.39 is 5.91 Å². The summed E-state index contributed by atoms with van der Waals surface area (Å²) in [4.78, 5) is 25.3. The molecule has 0 bridgehead atoms. The van der Waals surface area contributed by atoms with E-state index in [0.717, 1.165) is 0 Å². The number of hydrogen-bond acceptors (Lipinski definition) is 4. The maximum atomic E-state index is 12.4. The van der Waals surface area contributed by atoms with Crippen molar-refractivity contribution in [2.75, 3.05) is 6.54 Å². The standard InChI is InChI=1S/C12H14N6O2/c1-16-4-2-3-8(16)12(20)17-5-6-18-9(7-17)14-15-11(18)10(13)19/h2-4H,5-7H2,1H3,(H2,13,19). The number of rotatable bonds is 2. The molecule has 0 aliphatic carbocycles. The Labute approximate surface area is 114 Å². The molecule has 8 nitrogen and oxygen atoms in total. The van der Waals surface area contributed by atoms with Crippen molar-refractivity contribution in [1.29, 1.82) is 0 Å². The molecular weight excluding hydrogens is 260 g/mol. The molecule has 0 unspecified atom stereocenters. The van der Waals surface area contributed by atoms with Gasteiger partial charge >= 0.3 is 0 Å². The number of nitrogens with zero attached hydrogens (tertiary/aromatic N) is 5. The Bertz CT molecular complexity index is 686. The Hall–Kier alpha value is -2.64. The van der Waals surface area contributed by atoms with E-state index in [2.05, 4.69) is 10.2 Å². The van der Waals surface area contributed by atoms with Crippen molar-refractivity contribution < 1.29 is 9.59 Å². The number of amides is 2. The SMILES string of the molecule is Cn1cccc1C(=O)N1CCn2c(nnc2C(N)=O)C1. The third-order valence-electron chi connectivity index (χ3n) is 3.42. The Morgan fingerprint density at radius 3 is 2.75 bits per heavy atom. The van der Waals surface area contributed by atoms with Crippen LogP contribution in [0.15, 0.2) is 18.3 Å². The number of nitrogens with two attached hydrogens (primary N) is 1. The molecule has 8 heteroatoms. The van der Waals surface area contributed by atoms with E-state index in [-0.39, 0.29) is 11.7 Å². The summed E-state index contributed by atoms with van der Waals surface area (Å²) in [7, 11) is 1.82. The number of fused-ring (bicyclic) bond motifs is 1. The molecule has 3 rings (SSSR count). The Kier molecular flexibility index (Phi) is 2.78. The van der Waals surface area contributed by atoms with Crippen LogP contribution >= 0.6 is 0 Å². The molecule has 0 aromatic carbocycles. The summed E-state index contributed by atoms with van der Waals surface area (Å²) in [5, 5.41) is 7.69. The van der Waals surface area contributed by atoms with Gasteiger partial charge in [0.25, 0.3) is 11.8 Å². The summed E-state index contributed by atoms with van der Waals surface area (Å²) < 4.78 is 3.44. The largest absolute Gasteiger partial charge is 0.363 e.